The van der Waals surface area contributed by atoms with Crippen molar-refractivity contribution in [3.05, 3.63) is 28.8 Å². The van der Waals surface area contributed by atoms with Gasteiger partial charge in [0.2, 0.25) is 0 Å². The molecule has 0 saturated heterocycles. The topological polar surface area (TPSA) is 18.5 Å². The molecule has 0 aliphatic carbocycles. The van der Waals surface area contributed by atoms with E-state index in [0.29, 0.717) is 0 Å². The molecule has 120 valence electrons. The van der Waals surface area contributed by atoms with Gasteiger partial charge in [0.1, 0.15) is 0 Å². The van der Waals surface area contributed by atoms with E-state index in [1.54, 1.807) is 14.2 Å². The smallest absolute Gasteiger partial charge is 0.0877 e. The summed E-state index contributed by atoms with van der Waals surface area (Å²) in [5, 5.41) is 1.17. The molecular formula is C18H31O2P. The molecule has 0 fully saturated rings. The second-order valence-electron chi connectivity index (χ2n) is 7.66. The van der Waals surface area contributed by atoms with Crippen molar-refractivity contribution in [2.75, 3.05) is 14.2 Å². The molecule has 0 amide bonds. The molecule has 3 heteroatoms. The van der Waals surface area contributed by atoms with Gasteiger partial charge in [0.25, 0.3) is 0 Å². The third-order valence-electron chi connectivity index (χ3n) is 4.36. The van der Waals surface area contributed by atoms with Crippen LogP contribution in [0.25, 0.3) is 0 Å². The lowest BCUT2D eigenvalue weighted by Gasteiger charge is -2.34. The Morgan fingerprint density at radius 1 is 0.762 bits per heavy atom. The molecule has 0 bridgehead atoms. The van der Waals surface area contributed by atoms with Gasteiger partial charge < -0.3 is 9.47 Å². The zero-order chi connectivity index (χ0) is 16.6. The molecule has 0 heterocycles. The van der Waals surface area contributed by atoms with Crippen LogP contribution in [0.15, 0.2) is 12.1 Å². The van der Waals surface area contributed by atoms with Crippen molar-refractivity contribution in [1.82, 2.24) is 0 Å². The first-order chi connectivity index (χ1) is 9.36. The number of benzene rings is 1. The summed E-state index contributed by atoms with van der Waals surface area (Å²) in [6.07, 6.45) is 0. The van der Waals surface area contributed by atoms with Gasteiger partial charge >= 0.3 is 0 Å². The average Bonchev–Trinajstić information content (AvgIpc) is 2.37. The largest absolute Gasteiger partial charge is 0.374 e. The van der Waals surface area contributed by atoms with E-state index in [0.717, 1.165) is 0 Å². The first kappa shape index (κ1) is 18.6. The van der Waals surface area contributed by atoms with Crippen LogP contribution >= 0.6 is 9.24 Å². The zero-order valence-corrected chi connectivity index (χ0v) is 16.2. The maximum atomic E-state index is 5.72. The normalized spacial score (nSPS) is 13.6. The highest BCUT2D eigenvalue weighted by atomic mass is 31.0. The van der Waals surface area contributed by atoms with E-state index >= 15 is 0 Å². The van der Waals surface area contributed by atoms with Crippen molar-refractivity contribution in [2.24, 2.45) is 0 Å². The van der Waals surface area contributed by atoms with Crippen molar-refractivity contribution in [1.29, 1.82) is 0 Å². The van der Waals surface area contributed by atoms with Crippen LogP contribution in [0.4, 0.5) is 0 Å². The summed E-state index contributed by atoms with van der Waals surface area (Å²) in [4.78, 5) is 0. The fourth-order valence-corrected chi connectivity index (χ4v) is 3.16. The van der Waals surface area contributed by atoms with E-state index in [1.165, 1.54) is 22.0 Å². The van der Waals surface area contributed by atoms with Crippen molar-refractivity contribution in [3.63, 3.8) is 0 Å². The van der Waals surface area contributed by atoms with Gasteiger partial charge in [-0.1, -0.05) is 32.9 Å². The van der Waals surface area contributed by atoms with Crippen molar-refractivity contribution in [3.8, 4) is 0 Å². The maximum absolute atomic E-state index is 5.72. The highest BCUT2D eigenvalue weighted by molar-refractivity contribution is 7.27. The Bertz CT molecular complexity index is 473. The van der Waals surface area contributed by atoms with E-state index in [9.17, 15) is 0 Å². The zero-order valence-electron chi connectivity index (χ0n) is 15.0. The average molecular weight is 310 g/mol. The van der Waals surface area contributed by atoms with Crippen molar-refractivity contribution >= 4 is 14.5 Å². The van der Waals surface area contributed by atoms with Gasteiger partial charge in [0, 0.05) is 14.2 Å². The Morgan fingerprint density at radius 2 is 1.10 bits per heavy atom. The van der Waals surface area contributed by atoms with Crippen LogP contribution < -0.4 is 5.30 Å². The summed E-state index contributed by atoms with van der Waals surface area (Å²) < 4.78 is 11.4. The standard InChI is InChI=1S/C18H31O2P/c1-16(2,3)12-10-13(17(4,5)19-8)15(21)14(11-12)18(6,7)20-9/h10-11H,21H2,1-9H3. The van der Waals surface area contributed by atoms with Gasteiger partial charge in [0.15, 0.2) is 0 Å². The van der Waals surface area contributed by atoms with Crippen molar-refractivity contribution in [2.45, 2.75) is 65.1 Å². The van der Waals surface area contributed by atoms with Crippen LogP contribution in [0.2, 0.25) is 0 Å². The Hall–Kier alpha value is -0.430. The van der Waals surface area contributed by atoms with Gasteiger partial charge in [0.05, 0.1) is 11.2 Å². The number of hydrogen-bond donors (Lipinski definition) is 0. The van der Waals surface area contributed by atoms with E-state index in [1.807, 2.05) is 0 Å². The second-order valence-corrected chi connectivity index (χ2v) is 8.24. The molecule has 21 heavy (non-hydrogen) atoms. The SMILES string of the molecule is COC(C)(C)c1cc(C(C)(C)C)cc(C(C)(C)OC)c1P. The molecule has 0 saturated carbocycles. The van der Waals surface area contributed by atoms with Crippen LogP contribution in [0.1, 0.15) is 65.2 Å². The van der Waals surface area contributed by atoms with Crippen LogP contribution in [0, 0.1) is 0 Å². The molecule has 0 aliphatic rings. The first-order valence-electron chi connectivity index (χ1n) is 7.42. The summed E-state index contributed by atoms with van der Waals surface area (Å²) in [6.45, 7) is 15.1. The molecule has 1 unspecified atom stereocenters. The highest BCUT2D eigenvalue weighted by Crippen LogP contribution is 2.35. The molecule has 1 aromatic rings. The lowest BCUT2D eigenvalue weighted by molar-refractivity contribution is 0.0150. The molecule has 1 atom stereocenters. The summed E-state index contributed by atoms with van der Waals surface area (Å²) in [5.41, 5.74) is 3.10. The third kappa shape index (κ3) is 3.86. The minimum atomic E-state index is -0.336. The fourth-order valence-electron chi connectivity index (χ4n) is 2.30. The van der Waals surface area contributed by atoms with Crippen LogP contribution in [0.5, 0.6) is 0 Å². The van der Waals surface area contributed by atoms with E-state index < -0.39 is 0 Å². The molecule has 0 radical (unpaired) electrons. The monoisotopic (exact) mass is 310 g/mol. The summed E-state index contributed by atoms with van der Waals surface area (Å²) in [6, 6.07) is 4.53. The molecule has 1 aromatic carbocycles. The number of ether oxygens (including phenoxy) is 2. The second kappa shape index (κ2) is 5.99. The summed E-state index contributed by atoms with van der Waals surface area (Å²) in [5.74, 6) is 0. The number of hydrogen-bond acceptors (Lipinski definition) is 2. The highest BCUT2D eigenvalue weighted by Gasteiger charge is 2.31. The van der Waals surface area contributed by atoms with Gasteiger partial charge in [-0.05, 0) is 55.1 Å². The van der Waals surface area contributed by atoms with Crippen molar-refractivity contribution < 1.29 is 9.47 Å². The van der Waals surface area contributed by atoms with E-state index in [2.05, 4.69) is 69.8 Å². The fraction of sp³-hybridized carbons (Fsp3) is 0.667. The number of rotatable bonds is 4. The molecule has 1 rings (SSSR count). The minimum Gasteiger partial charge on any atom is -0.374 e. The van der Waals surface area contributed by atoms with Crippen LogP contribution in [-0.2, 0) is 26.1 Å². The van der Waals surface area contributed by atoms with Gasteiger partial charge in [-0.25, -0.2) is 0 Å². The Kier molecular flexibility index (Phi) is 5.31. The minimum absolute atomic E-state index is 0.0789. The first-order valence-corrected chi connectivity index (χ1v) is 8.00. The van der Waals surface area contributed by atoms with Gasteiger partial charge in [-0.15, -0.1) is 9.24 Å². The van der Waals surface area contributed by atoms with E-state index in [4.69, 9.17) is 9.47 Å². The third-order valence-corrected chi connectivity index (χ3v) is 4.99. The molecule has 0 spiro atoms. The predicted octanol–water partition coefficient (Wildman–Crippen LogP) is 4.25. The lowest BCUT2D eigenvalue weighted by atomic mass is 9.80. The predicted molar refractivity (Wildman–Crippen MR) is 94.6 cm³/mol. The Labute approximate surface area is 132 Å². The van der Waals surface area contributed by atoms with E-state index in [-0.39, 0.29) is 16.6 Å². The Balaban J connectivity index is 3.71. The molecule has 2 nitrogen and oxygen atoms in total. The van der Waals surface area contributed by atoms with Gasteiger partial charge in [-0.3, -0.25) is 0 Å². The molecule has 0 aliphatic heterocycles. The van der Waals surface area contributed by atoms with Gasteiger partial charge in [-0.2, -0.15) is 0 Å². The number of methoxy groups -OCH3 is 2. The quantitative estimate of drug-likeness (QED) is 0.774. The molecule has 0 aromatic heterocycles. The maximum Gasteiger partial charge on any atom is 0.0877 e. The lowest BCUT2D eigenvalue weighted by Crippen LogP contribution is -2.33. The van der Waals surface area contributed by atoms with Crippen LogP contribution in [-0.4, -0.2) is 14.2 Å². The summed E-state index contributed by atoms with van der Waals surface area (Å²) in [7, 11) is 6.40. The molecule has 0 N–H and O–H groups in total. The van der Waals surface area contributed by atoms with Crippen LogP contribution in [0.3, 0.4) is 0 Å². The molecular weight excluding hydrogens is 279 g/mol. The summed E-state index contributed by atoms with van der Waals surface area (Å²) >= 11 is 0. The Morgan fingerprint density at radius 3 is 1.33 bits per heavy atom.